The van der Waals surface area contributed by atoms with Gasteiger partial charge in [0.05, 0.1) is 5.69 Å². The Morgan fingerprint density at radius 2 is 1.95 bits per heavy atom. The maximum absolute atomic E-state index is 10.5. The first-order valence-corrected chi connectivity index (χ1v) is 5.74. The third-order valence-electron chi connectivity index (χ3n) is 3.22. The van der Waals surface area contributed by atoms with Crippen molar-refractivity contribution in [2.24, 2.45) is 9.98 Å². The number of isocyanates is 2. The van der Waals surface area contributed by atoms with Gasteiger partial charge in [0.1, 0.15) is 6.04 Å². The minimum atomic E-state index is -0.329. The van der Waals surface area contributed by atoms with Crippen molar-refractivity contribution in [3.05, 3.63) is 47.5 Å². The number of nitrogens with zero attached hydrogens (tertiary/aromatic N) is 2. The Bertz CT molecular complexity index is 795. The number of hydrogen-bond acceptors (Lipinski definition) is 4. The molecule has 0 radical (unpaired) electrons. The highest BCUT2D eigenvalue weighted by atomic mass is 16.1. The Kier molecular flexibility index (Phi) is 2.66. The van der Waals surface area contributed by atoms with Crippen molar-refractivity contribution >= 4 is 34.7 Å². The average molecular weight is 248 g/mol. The van der Waals surface area contributed by atoms with Crippen molar-refractivity contribution in [3.8, 4) is 0 Å². The van der Waals surface area contributed by atoms with Crippen molar-refractivity contribution in [1.82, 2.24) is 0 Å². The molecule has 0 spiro atoms. The zero-order chi connectivity index (χ0) is 13.2. The fourth-order valence-corrected chi connectivity index (χ4v) is 2.45. The van der Waals surface area contributed by atoms with E-state index in [-0.39, 0.29) is 6.04 Å². The van der Waals surface area contributed by atoms with Crippen LogP contribution in [0.2, 0.25) is 0 Å². The SMILES string of the molecule is O=C=Nc1ccc2c3c(cccc13)C=CC2N=C=O. The van der Waals surface area contributed by atoms with E-state index in [2.05, 4.69) is 9.98 Å². The second-order valence-corrected chi connectivity index (χ2v) is 4.17. The predicted octanol–water partition coefficient (Wildman–Crippen LogP) is 3.21. The van der Waals surface area contributed by atoms with E-state index in [1.807, 2.05) is 36.4 Å². The van der Waals surface area contributed by atoms with Crippen molar-refractivity contribution < 1.29 is 9.59 Å². The van der Waals surface area contributed by atoms with Gasteiger partial charge in [-0.3, -0.25) is 0 Å². The average Bonchev–Trinajstić information content (AvgIpc) is 2.44. The molecule has 3 rings (SSSR count). The van der Waals surface area contributed by atoms with E-state index in [0.29, 0.717) is 5.69 Å². The van der Waals surface area contributed by atoms with Crippen LogP contribution in [0.3, 0.4) is 0 Å². The molecule has 19 heavy (non-hydrogen) atoms. The highest BCUT2D eigenvalue weighted by Gasteiger charge is 2.18. The molecule has 1 aliphatic carbocycles. The molecule has 0 aliphatic heterocycles. The molecule has 1 unspecified atom stereocenters. The molecule has 1 aliphatic rings. The lowest BCUT2D eigenvalue weighted by molar-refractivity contribution is 0.561. The first-order chi connectivity index (χ1) is 9.35. The molecule has 4 nitrogen and oxygen atoms in total. The zero-order valence-corrected chi connectivity index (χ0v) is 9.83. The van der Waals surface area contributed by atoms with Gasteiger partial charge in [-0.2, -0.15) is 9.98 Å². The van der Waals surface area contributed by atoms with Gasteiger partial charge in [-0.1, -0.05) is 36.4 Å². The molecule has 2 aromatic carbocycles. The Morgan fingerprint density at radius 1 is 1.05 bits per heavy atom. The third-order valence-corrected chi connectivity index (χ3v) is 3.22. The van der Waals surface area contributed by atoms with Crippen LogP contribution < -0.4 is 0 Å². The molecular formula is C15H8N2O2. The summed E-state index contributed by atoms with van der Waals surface area (Å²) < 4.78 is 0. The van der Waals surface area contributed by atoms with Crippen LogP contribution in [0.1, 0.15) is 17.2 Å². The lowest BCUT2D eigenvalue weighted by atomic mass is 9.90. The smallest absolute Gasteiger partial charge is 0.211 e. The van der Waals surface area contributed by atoms with Crippen LogP contribution in [-0.2, 0) is 9.59 Å². The molecule has 0 amide bonds. The molecule has 0 N–H and O–H groups in total. The van der Waals surface area contributed by atoms with E-state index in [9.17, 15) is 9.59 Å². The lowest BCUT2D eigenvalue weighted by Crippen LogP contribution is -1.99. The van der Waals surface area contributed by atoms with Gasteiger partial charge in [-0.25, -0.2) is 9.59 Å². The maximum Gasteiger partial charge on any atom is 0.240 e. The van der Waals surface area contributed by atoms with Crippen LogP contribution in [0.4, 0.5) is 5.69 Å². The van der Waals surface area contributed by atoms with Gasteiger partial charge in [0, 0.05) is 5.39 Å². The molecule has 0 saturated heterocycles. The molecule has 1 atom stereocenters. The van der Waals surface area contributed by atoms with E-state index in [0.717, 1.165) is 21.9 Å². The van der Waals surface area contributed by atoms with Crippen molar-refractivity contribution in [2.45, 2.75) is 6.04 Å². The molecule has 0 heterocycles. The highest BCUT2D eigenvalue weighted by molar-refractivity contribution is 6.02. The Balaban J connectivity index is 2.41. The summed E-state index contributed by atoms with van der Waals surface area (Å²) in [6.45, 7) is 0. The summed E-state index contributed by atoms with van der Waals surface area (Å²) in [6.07, 6.45) is 6.91. The summed E-state index contributed by atoms with van der Waals surface area (Å²) in [5.74, 6) is 0. The maximum atomic E-state index is 10.5. The molecular weight excluding hydrogens is 240 g/mol. The van der Waals surface area contributed by atoms with Crippen molar-refractivity contribution in [2.75, 3.05) is 0 Å². The number of rotatable bonds is 2. The van der Waals surface area contributed by atoms with E-state index >= 15 is 0 Å². The topological polar surface area (TPSA) is 58.9 Å². The normalized spacial score (nSPS) is 15.7. The molecule has 0 saturated carbocycles. The second-order valence-electron chi connectivity index (χ2n) is 4.17. The van der Waals surface area contributed by atoms with Gasteiger partial charge in [-0.05, 0) is 22.6 Å². The Hall–Kier alpha value is -2.80. The minimum Gasteiger partial charge on any atom is -0.211 e. The van der Waals surface area contributed by atoms with Crippen LogP contribution in [-0.4, -0.2) is 12.2 Å². The van der Waals surface area contributed by atoms with Crippen LogP contribution >= 0.6 is 0 Å². The largest absolute Gasteiger partial charge is 0.240 e. The number of aliphatic imine (C=N–C) groups is 2. The summed E-state index contributed by atoms with van der Waals surface area (Å²) in [4.78, 5) is 28.4. The number of hydrogen-bond donors (Lipinski definition) is 0. The fraction of sp³-hybridized carbons (Fsp3) is 0.0667. The van der Waals surface area contributed by atoms with Crippen LogP contribution in [0.5, 0.6) is 0 Å². The fourth-order valence-electron chi connectivity index (χ4n) is 2.45. The monoisotopic (exact) mass is 248 g/mol. The summed E-state index contributed by atoms with van der Waals surface area (Å²) in [7, 11) is 0. The summed E-state index contributed by atoms with van der Waals surface area (Å²) in [5, 5.41) is 1.82. The highest BCUT2D eigenvalue weighted by Crippen LogP contribution is 2.39. The molecule has 2 aromatic rings. The quantitative estimate of drug-likeness (QED) is 0.605. The second kappa shape index (κ2) is 4.46. The van der Waals surface area contributed by atoms with E-state index in [1.165, 1.54) is 0 Å². The van der Waals surface area contributed by atoms with E-state index in [1.54, 1.807) is 18.2 Å². The molecule has 4 heteroatoms. The van der Waals surface area contributed by atoms with Gasteiger partial charge in [0.25, 0.3) is 0 Å². The molecule has 0 fully saturated rings. The minimum absolute atomic E-state index is 0.329. The van der Waals surface area contributed by atoms with Gasteiger partial charge < -0.3 is 0 Å². The van der Waals surface area contributed by atoms with Gasteiger partial charge >= 0.3 is 0 Å². The van der Waals surface area contributed by atoms with Crippen LogP contribution in [0, 0.1) is 0 Å². The van der Waals surface area contributed by atoms with E-state index in [4.69, 9.17) is 0 Å². The van der Waals surface area contributed by atoms with Gasteiger partial charge in [0.2, 0.25) is 12.2 Å². The third kappa shape index (κ3) is 1.72. The van der Waals surface area contributed by atoms with Gasteiger partial charge in [0.15, 0.2) is 0 Å². The van der Waals surface area contributed by atoms with Crippen molar-refractivity contribution in [1.29, 1.82) is 0 Å². The first kappa shape index (κ1) is 11.3. The molecule has 0 bridgehead atoms. The Labute approximate surface area is 108 Å². The summed E-state index contributed by atoms with van der Waals surface area (Å²) >= 11 is 0. The molecule has 0 aromatic heterocycles. The first-order valence-electron chi connectivity index (χ1n) is 5.74. The van der Waals surface area contributed by atoms with Crippen molar-refractivity contribution in [3.63, 3.8) is 0 Å². The zero-order valence-electron chi connectivity index (χ0n) is 9.83. The Morgan fingerprint density at radius 3 is 2.74 bits per heavy atom. The standard InChI is InChI=1S/C15H8N2O2/c18-8-16-13-6-4-10-2-1-3-11-14(17-9-19)7-5-12(13)15(10)11/h1-7,13H. The van der Waals surface area contributed by atoms with E-state index < -0.39 is 0 Å². The predicted molar refractivity (Wildman–Crippen MR) is 71.6 cm³/mol. The van der Waals surface area contributed by atoms with Crippen LogP contribution in [0.15, 0.2) is 46.4 Å². The number of benzene rings is 2. The lowest BCUT2D eigenvalue weighted by Gasteiger charge is -2.17. The van der Waals surface area contributed by atoms with Crippen LogP contribution in [0.25, 0.3) is 16.8 Å². The summed E-state index contributed by atoms with van der Waals surface area (Å²) in [6, 6.07) is 9.00. The van der Waals surface area contributed by atoms with Gasteiger partial charge in [-0.15, -0.1) is 0 Å². The molecule has 90 valence electrons. The summed E-state index contributed by atoms with van der Waals surface area (Å²) in [5.41, 5.74) is 2.51. The number of carbonyl (C=O) groups excluding carboxylic acids is 2.